The molecule has 8 nitrogen and oxygen atoms in total. The van der Waals surface area contributed by atoms with Gasteiger partial charge in [-0.05, 0) is 78.6 Å². The van der Waals surface area contributed by atoms with Gasteiger partial charge >= 0.3 is 120 Å². The fourth-order valence-corrected chi connectivity index (χ4v) is 22.5. The second-order valence-electron chi connectivity index (χ2n) is 16.0. The van der Waals surface area contributed by atoms with Gasteiger partial charge in [-0.25, -0.2) is 27.2 Å². The summed E-state index contributed by atoms with van der Waals surface area (Å²) in [6.45, 7) is 25.8. The molecule has 0 aliphatic rings. The number of nitrogens with zero attached hydrogens (tertiary/aromatic N) is 2. The number of rotatable bonds is 25. The predicted octanol–water partition coefficient (Wildman–Crippen LogP) is 13.4. The Morgan fingerprint density at radius 3 is 1.43 bits per heavy atom. The van der Waals surface area contributed by atoms with Crippen molar-refractivity contribution < 1.29 is 36.6 Å². The first kappa shape index (κ1) is 57.3. The standard InChI is InChI=1S/C17H23F2NO3.C14H18BrF2NO3.3C4H9.C3H5.Sn/c1-5-7-12-9-13(15(18)19)16(21)20(10-12)14(8-11(3)4)17(22)23-6-2;1-4-21-14(20)11(5-8(2)3)18-7-9(15)6-10(12(16)17)13(18)19;3*1-3-4-2;1-3-2;/h5,9-11,14-15H,1,6-8H2,2-4H3;6-8,11-12H,4-5H2,1-3H3;3*1,3-4H2,2H3;3H,1-2H2;. The molecule has 0 saturated carbocycles. The summed E-state index contributed by atoms with van der Waals surface area (Å²) in [5, 5.41) is 0. The average Bonchev–Trinajstić information content (AvgIpc) is 3.18. The Balaban J connectivity index is 0.000000886. The molecule has 2 aromatic rings. The molecule has 2 aromatic heterocycles. The molecule has 0 radical (unpaired) electrons. The first-order valence-electron chi connectivity index (χ1n) is 21.6. The zero-order valence-corrected chi connectivity index (χ0v) is 42.1. The van der Waals surface area contributed by atoms with E-state index in [9.17, 15) is 36.7 Å². The van der Waals surface area contributed by atoms with Crippen LogP contribution < -0.4 is 11.1 Å². The second-order valence-corrected chi connectivity index (χ2v) is 31.0. The Hall–Kier alpha value is -2.68. The third kappa shape index (κ3) is 20.5. The minimum atomic E-state index is -2.90. The van der Waals surface area contributed by atoms with E-state index in [-0.39, 0.29) is 25.0 Å². The molecular weight excluding hydrogens is 951 g/mol. The maximum atomic E-state index is 13.1. The van der Waals surface area contributed by atoms with Crippen molar-refractivity contribution in [2.45, 2.75) is 163 Å². The van der Waals surface area contributed by atoms with Crippen molar-refractivity contribution in [1.29, 1.82) is 0 Å². The van der Waals surface area contributed by atoms with Gasteiger partial charge in [0, 0.05) is 16.9 Å². The van der Waals surface area contributed by atoms with Crippen LogP contribution in [0, 0.1) is 11.8 Å². The zero-order chi connectivity index (χ0) is 46.0. The van der Waals surface area contributed by atoms with Gasteiger partial charge in [-0.15, -0.1) is 6.58 Å². The van der Waals surface area contributed by atoms with Crippen LogP contribution >= 0.6 is 15.9 Å². The number of allylic oxidation sites excluding steroid dienone is 2. The Labute approximate surface area is 369 Å². The number of aromatic nitrogens is 2. The van der Waals surface area contributed by atoms with Crippen molar-refractivity contribution in [1.82, 2.24) is 9.13 Å². The summed E-state index contributed by atoms with van der Waals surface area (Å²) < 4.78 is 70.8. The van der Waals surface area contributed by atoms with Crippen molar-refractivity contribution in [3.8, 4) is 0 Å². The molecule has 0 aliphatic heterocycles. The SMILES string of the molecule is C=CCc1cc(C(F)F)c(=O)n(C(CC(C)C)C(=O)OCC)c1.C=C[CH2][Sn]([CH2]CCC)([CH2]CCC)[CH2]CCC.CCOC(=O)C(CC(C)C)n1cc(Br)cc(C(F)F)c1=O. The number of hydrogen-bond acceptors (Lipinski definition) is 6. The minimum Gasteiger partial charge on any atom is -0.464 e. The third-order valence-electron chi connectivity index (χ3n) is 9.95. The summed E-state index contributed by atoms with van der Waals surface area (Å²) >= 11 is 1.32. The molecule has 0 spiro atoms. The molecule has 0 N–H and O–H groups in total. The van der Waals surface area contributed by atoms with Crippen LogP contribution in [0.25, 0.3) is 0 Å². The first-order chi connectivity index (χ1) is 28.3. The van der Waals surface area contributed by atoms with Gasteiger partial charge in [0.25, 0.3) is 24.0 Å². The maximum Gasteiger partial charge on any atom is 0.329 e. The summed E-state index contributed by atoms with van der Waals surface area (Å²) in [7, 11) is 0. The topological polar surface area (TPSA) is 96.6 Å². The zero-order valence-electron chi connectivity index (χ0n) is 37.7. The number of halogens is 5. The normalized spacial score (nSPS) is 12.4. The molecule has 342 valence electrons. The van der Waals surface area contributed by atoms with E-state index in [2.05, 4.69) is 55.9 Å². The summed E-state index contributed by atoms with van der Waals surface area (Å²) in [5.41, 5.74) is -2.46. The monoisotopic (exact) mass is 1020 g/mol. The van der Waals surface area contributed by atoms with Crippen LogP contribution in [0.5, 0.6) is 0 Å². The van der Waals surface area contributed by atoms with Crippen molar-refractivity contribution in [2.75, 3.05) is 13.2 Å². The molecule has 2 unspecified atom stereocenters. The molecule has 14 heteroatoms. The number of esters is 2. The number of alkyl halides is 4. The van der Waals surface area contributed by atoms with Gasteiger partial charge in [0.2, 0.25) is 0 Å². The molecule has 0 fully saturated rings. The molecule has 0 amide bonds. The third-order valence-corrected chi connectivity index (χ3v) is 25.8. The summed E-state index contributed by atoms with van der Waals surface area (Å²) in [5.74, 6) is -0.986. The van der Waals surface area contributed by atoms with Gasteiger partial charge in [0.05, 0.1) is 24.3 Å². The summed E-state index contributed by atoms with van der Waals surface area (Å²) in [6, 6.07) is 0.418. The van der Waals surface area contributed by atoms with Gasteiger partial charge in [-0.2, -0.15) is 0 Å². The van der Waals surface area contributed by atoms with Crippen LogP contribution in [-0.2, 0) is 25.5 Å². The predicted molar refractivity (Wildman–Crippen MR) is 243 cm³/mol. The average molecular weight is 1020 g/mol. The molecule has 60 heavy (non-hydrogen) atoms. The Morgan fingerprint density at radius 2 is 1.10 bits per heavy atom. The smallest absolute Gasteiger partial charge is 0.329 e. The van der Waals surface area contributed by atoms with Gasteiger partial charge in [-0.1, -0.05) is 33.8 Å². The van der Waals surface area contributed by atoms with E-state index in [4.69, 9.17) is 9.47 Å². The molecule has 0 aromatic carbocycles. The van der Waals surface area contributed by atoms with Crippen molar-refractivity contribution in [3.63, 3.8) is 0 Å². The van der Waals surface area contributed by atoms with Crippen molar-refractivity contribution >= 4 is 46.2 Å². The number of carbonyl (C=O) groups is 2. The van der Waals surface area contributed by atoms with Crippen LogP contribution in [0.3, 0.4) is 0 Å². The molecule has 2 atom stereocenters. The van der Waals surface area contributed by atoms with E-state index >= 15 is 0 Å². The fraction of sp³-hybridized carbons (Fsp3) is 0.652. The second kappa shape index (κ2) is 31.2. The van der Waals surface area contributed by atoms with Crippen LogP contribution in [0.2, 0.25) is 17.7 Å². The summed E-state index contributed by atoms with van der Waals surface area (Å²) in [6.07, 6.45) is 10.4. The molecule has 0 aliphatic carbocycles. The van der Waals surface area contributed by atoms with E-state index in [0.29, 0.717) is 29.3 Å². The van der Waals surface area contributed by atoms with Crippen LogP contribution in [0.15, 0.2) is 63.9 Å². The number of hydrogen-bond donors (Lipinski definition) is 0. The molecule has 0 bridgehead atoms. The van der Waals surface area contributed by atoms with Crippen LogP contribution in [0.1, 0.15) is 155 Å². The number of ether oxygens (including phenoxy) is 2. The Bertz CT molecular complexity index is 1680. The molecule has 0 saturated heterocycles. The first-order valence-corrected chi connectivity index (χ1v) is 30.5. The largest absolute Gasteiger partial charge is 0.464 e. The van der Waals surface area contributed by atoms with E-state index in [0.717, 1.165) is 15.2 Å². The van der Waals surface area contributed by atoms with Gasteiger partial charge < -0.3 is 14.0 Å². The number of carbonyl (C=O) groups excluding carboxylic acids is 2. The summed E-state index contributed by atoms with van der Waals surface area (Å²) in [4.78, 5) is 48.7. The van der Waals surface area contributed by atoms with Gasteiger partial charge in [0.1, 0.15) is 12.1 Å². The van der Waals surface area contributed by atoms with Gasteiger partial charge in [0.15, 0.2) is 0 Å². The fourth-order valence-electron chi connectivity index (χ4n) is 6.99. The molecular formula is C46H73BrF4N2O6Sn. The minimum absolute atomic E-state index is 0.0920. The van der Waals surface area contributed by atoms with E-state index in [1.165, 1.54) is 61.4 Å². The molecule has 2 heterocycles. The van der Waals surface area contributed by atoms with Crippen molar-refractivity contribution in [2.24, 2.45) is 11.8 Å². The molecule has 2 rings (SSSR count). The van der Waals surface area contributed by atoms with E-state index in [1.807, 2.05) is 27.7 Å². The van der Waals surface area contributed by atoms with Crippen LogP contribution in [0.4, 0.5) is 17.6 Å². The Morgan fingerprint density at radius 1 is 0.700 bits per heavy atom. The van der Waals surface area contributed by atoms with E-state index < -0.39 is 77.5 Å². The number of unbranched alkanes of at least 4 members (excludes halogenated alkanes) is 3. The van der Waals surface area contributed by atoms with Crippen molar-refractivity contribution in [3.05, 3.63) is 91.7 Å². The maximum absolute atomic E-state index is 13.1. The quantitative estimate of drug-likeness (QED) is 0.0425. The number of pyridine rings is 2. The van der Waals surface area contributed by atoms with Gasteiger partial charge in [-0.3, -0.25) is 14.2 Å². The Kier molecular flexibility index (Phi) is 29.8. The van der Waals surface area contributed by atoms with E-state index in [1.54, 1.807) is 33.2 Å². The van der Waals surface area contributed by atoms with Crippen LogP contribution in [-0.4, -0.2) is 52.7 Å².